The highest BCUT2D eigenvalue weighted by atomic mass is 16.4. The van der Waals surface area contributed by atoms with Gasteiger partial charge in [-0.3, -0.25) is 24.7 Å². The molecule has 1 fully saturated rings. The van der Waals surface area contributed by atoms with Crippen molar-refractivity contribution in [3.63, 3.8) is 0 Å². The molecule has 1 unspecified atom stereocenters. The molecule has 3 amide bonds. The molecular formula is C28H35N5O5. The number of benzene rings is 1. The fourth-order valence-corrected chi connectivity index (χ4v) is 5.59. The number of nitrogens with zero attached hydrogens (tertiary/aromatic N) is 3. The maximum atomic E-state index is 14.4. The molecule has 1 aromatic carbocycles. The van der Waals surface area contributed by atoms with Crippen LogP contribution in [0, 0.1) is 5.92 Å². The Labute approximate surface area is 222 Å². The van der Waals surface area contributed by atoms with Gasteiger partial charge >= 0.3 is 6.09 Å². The van der Waals surface area contributed by atoms with Crippen LogP contribution in [0.15, 0.2) is 48.7 Å². The second kappa shape index (κ2) is 12.2. The Morgan fingerprint density at radius 1 is 1.08 bits per heavy atom. The molecule has 1 aromatic heterocycles. The number of pyridine rings is 1. The molecule has 0 saturated heterocycles. The third-order valence-electron chi connectivity index (χ3n) is 7.48. The molecule has 10 nitrogen and oxygen atoms in total. The quantitative estimate of drug-likeness (QED) is 0.340. The lowest BCUT2D eigenvalue weighted by molar-refractivity contribution is -0.126. The number of amides is 3. The average molecular weight is 522 g/mol. The average Bonchev–Trinajstić information content (AvgIpc) is 3.32. The van der Waals surface area contributed by atoms with Crippen LogP contribution in [-0.2, 0) is 20.8 Å². The van der Waals surface area contributed by atoms with Gasteiger partial charge in [-0.05, 0) is 56.4 Å². The van der Waals surface area contributed by atoms with Crippen molar-refractivity contribution in [2.75, 3.05) is 10.2 Å². The van der Waals surface area contributed by atoms with Gasteiger partial charge in [0.25, 0.3) is 0 Å². The number of para-hydroxylation sites is 1. The van der Waals surface area contributed by atoms with Crippen molar-refractivity contribution in [3.8, 4) is 0 Å². The number of nitrogens with one attached hydrogen (secondary N) is 2. The van der Waals surface area contributed by atoms with E-state index in [1.165, 1.54) is 11.8 Å². The second-order valence-corrected chi connectivity index (χ2v) is 10.1. The Bertz CT molecular complexity index is 1150. The summed E-state index contributed by atoms with van der Waals surface area (Å²) in [6.45, 7) is 3.13. The summed E-state index contributed by atoms with van der Waals surface area (Å²) in [5, 5.41) is 15.9. The highest BCUT2D eigenvalue weighted by molar-refractivity contribution is 6.08. The van der Waals surface area contributed by atoms with Gasteiger partial charge < -0.3 is 15.2 Å². The predicted molar refractivity (Wildman–Crippen MR) is 143 cm³/mol. The van der Waals surface area contributed by atoms with Crippen molar-refractivity contribution < 1.29 is 24.3 Å². The number of anilines is 2. The van der Waals surface area contributed by atoms with E-state index >= 15 is 0 Å². The molecule has 0 bridgehead atoms. The summed E-state index contributed by atoms with van der Waals surface area (Å²) in [5.41, 5.74) is 1.43. The summed E-state index contributed by atoms with van der Waals surface area (Å²) in [6, 6.07) is 10.3. The maximum absolute atomic E-state index is 14.4. The minimum Gasteiger partial charge on any atom is -0.465 e. The molecule has 38 heavy (non-hydrogen) atoms. The number of carbonyl (C=O) groups excluding carboxylic acids is 3. The van der Waals surface area contributed by atoms with Crippen molar-refractivity contribution in [2.45, 2.75) is 76.7 Å². The first-order chi connectivity index (χ1) is 18.3. The van der Waals surface area contributed by atoms with Crippen molar-refractivity contribution in [3.05, 3.63) is 54.2 Å². The van der Waals surface area contributed by atoms with E-state index in [0.29, 0.717) is 24.2 Å². The van der Waals surface area contributed by atoms with Crippen molar-refractivity contribution >= 4 is 35.7 Å². The molecule has 2 aliphatic rings. The molecule has 1 aliphatic carbocycles. The SMILES string of the molecule is CC(C=O)N(C(=O)O)[C@@H](C)N[C@H](C(=O)N1c2ncccc2C[C@H]1C(=O)Nc1ccccc1)C1CCCCC1. The van der Waals surface area contributed by atoms with Gasteiger partial charge in [0, 0.05) is 18.3 Å². The molecule has 4 rings (SSSR count). The van der Waals surface area contributed by atoms with Gasteiger partial charge in [0.05, 0.1) is 18.2 Å². The van der Waals surface area contributed by atoms with Gasteiger partial charge in [-0.1, -0.05) is 43.5 Å². The summed E-state index contributed by atoms with van der Waals surface area (Å²) in [6.07, 6.45) is 5.02. The topological polar surface area (TPSA) is 132 Å². The van der Waals surface area contributed by atoms with Crippen LogP contribution in [0.3, 0.4) is 0 Å². The molecule has 2 aromatic rings. The Hall–Kier alpha value is -3.79. The van der Waals surface area contributed by atoms with E-state index < -0.39 is 30.4 Å². The van der Waals surface area contributed by atoms with E-state index in [1.54, 1.807) is 31.3 Å². The van der Waals surface area contributed by atoms with Crippen LogP contribution in [0.1, 0.15) is 51.5 Å². The lowest BCUT2D eigenvalue weighted by atomic mass is 9.83. The highest BCUT2D eigenvalue weighted by Gasteiger charge is 2.44. The van der Waals surface area contributed by atoms with Gasteiger partial charge in [-0.25, -0.2) is 9.78 Å². The van der Waals surface area contributed by atoms with Gasteiger partial charge in [0.2, 0.25) is 11.8 Å². The monoisotopic (exact) mass is 521 g/mol. The summed E-state index contributed by atoms with van der Waals surface area (Å²) >= 11 is 0. The molecular weight excluding hydrogens is 486 g/mol. The molecule has 1 saturated carbocycles. The van der Waals surface area contributed by atoms with Crippen LogP contribution in [0.2, 0.25) is 0 Å². The van der Waals surface area contributed by atoms with Gasteiger partial charge in [-0.2, -0.15) is 0 Å². The third-order valence-corrected chi connectivity index (χ3v) is 7.48. The molecule has 2 heterocycles. The zero-order valence-corrected chi connectivity index (χ0v) is 21.7. The number of rotatable bonds is 9. The van der Waals surface area contributed by atoms with Crippen molar-refractivity contribution in [1.82, 2.24) is 15.2 Å². The first kappa shape index (κ1) is 27.3. The summed E-state index contributed by atoms with van der Waals surface area (Å²) < 4.78 is 0. The van der Waals surface area contributed by atoms with Gasteiger partial charge in [0.1, 0.15) is 18.1 Å². The predicted octanol–water partition coefficient (Wildman–Crippen LogP) is 3.43. The molecule has 4 atom stereocenters. The minimum atomic E-state index is -1.26. The number of aldehydes is 1. The number of carbonyl (C=O) groups is 4. The van der Waals surface area contributed by atoms with E-state index in [9.17, 15) is 24.3 Å². The first-order valence-electron chi connectivity index (χ1n) is 13.2. The smallest absolute Gasteiger partial charge is 0.409 e. The second-order valence-electron chi connectivity index (χ2n) is 10.1. The standard InChI is InChI=1S/C28H35N5O5/c1-18(17-34)32(28(37)38)19(2)30-24(20-10-5-3-6-11-20)27(36)33-23(16-21-12-9-15-29-25(21)33)26(35)31-22-13-7-4-8-14-22/h4,7-9,12-15,17-20,23-24,30H,3,5-6,10-11,16H2,1-2H3,(H,31,35)(H,37,38)/t18?,19-,23-,24-/m0/s1. The fourth-order valence-electron chi connectivity index (χ4n) is 5.59. The lowest BCUT2D eigenvalue weighted by Crippen LogP contribution is -2.61. The van der Waals surface area contributed by atoms with E-state index in [1.807, 2.05) is 24.3 Å². The number of fused-ring (bicyclic) bond motifs is 1. The molecule has 202 valence electrons. The molecule has 10 heteroatoms. The molecule has 0 spiro atoms. The first-order valence-corrected chi connectivity index (χ1v) is 13.2. The minimum absolute atomic E-state index is 0.0496. The van der Waals surface area contributed by atoms with Crippen LogP contribution < -0.4 is 15.5 Å². The van der Waals surface area contributed by atoms with Crippen molar-refractivity contribution in [2.24, 2.45) is 5.92 Å². The van der Waals surface area contributed by atoms with E-state index in [2.05, 4.69) is 15.6 Å². The fraction of sp³-hybridized carbons (Fsp3) is 0.464. The van der Waals surface area contributed by atoms with Crippen LogP contribution in [-0.4, -0.2) is 63.5 Å². The van der Waals surface area contributed by atoms with E-state index in [0.717, 1.165) is 42.6 Å². The summed E-state index contributed by atoms with van der Waals surface area (Å²) in [5.74, 6) is -0.248. The van der Waals surface area contributed by atoms with Gasteiger partial charge in [-0.15, -0.1) is 0 Å². The Morgan fingerprint density at radius 2 is 1.79 bits per heavy atom. The number of carboxylic acid groups (broad SMARTS) is 1. The van der Waals surface area contributed by atoms with Crippen LogP contribution in [0.5, 0.6) is 0 Å². The van der Waals surface area contributed by atoms with Gasteiger partial charge in [0.15, 0.2) is 0 Å². The highest BCUT2D eigenvalue weighted by Crippen LogP contribution is 2.34. The van der Waals surface area contributed by atoms with E-state index in [4.69, 9.17) is 0 Å². The maximum Gasteiger partial charge on any atom is 0.409 e. The summed E-state index contributed by atoms with van der Waals surface area (Å²) in [7, 11) is 0. The molecule has 1 aliphatic heterocycles. The largest absolute Gasteiger partial charge is 0.465 e. The lowest BCUT2D eigenvalue weighted by Gasteiger charge is -2.38. The third kappa shape index (κ3) is 5.85. The van der Waals surface area contributed by atoms with Crippen LogP contribution in [0.4, 0.5) is 16.3 Å². The van der Waals surface area contributed by atoms with E-state index in [-0.39, 0.29) is 17.7 Å². The van der Waals surface area contributed by atoms with Crippen LogP contribution >= 0.6 is 0 Å². The number of aromatic nitrogens is 1. The normalized spacial score (nSPS) is 19.6. The van der Waals surface area contributed by atoms with Crippen molar-refractivity contribution in [1.29, 1.82) is 0 Å². The Morgan fingerprint density at radius 3 is 2.45 bits per heavy atom. The van der Waals surface area contributed by atoms with Crippen LogP contribution in [0.25, 0.3) is 0 Å². The molecule has 0 radical (unpaired) electrons. The zero-order valence-electron chi connectivity index (χ0n) is 21.7. The molecule has 3 N–H and O–H groups in total. The Balaban J connectivity index is 1.66. The summed E-state index contributed by atoms with van der Waals surface area (Å²) in [4.78, 5) is 58.2. The zero-order chi connectivity index (χ0) is 27.2. The Kier molecular flexibility index (Phi) is 8.73. The number of hydrogen-bond acceptors (Lipinski definition) is 6. The number of hydrogen-bond donors (Lipinski definition) is 3.